The van der Waals surface area contributed by atoms with Crippen molar-refractivity contribution in [3.8, 4) is 16.4 Å². The van der Waals surface area contributed by atoms with Crippen molar-refractivity contribution >= 4 is 33.2 Å². The molecule has 3 rings (SSSR count). The number of carboxylic acid groups (broad SMARTS) is 1. The van der Waals surface area contributed by atoms with Crippen LogP contribution in [0.15, 0.2) is 34.2 Å². The number of hydrogen-bond donors (Lipinski definition) is 1. The van der Waals surface area contributed by atoms with E-state index in [0.29, 0.717) is 10.9 Å². The molecule has 0 saturated carbocycles. The van der Waals surface area contributed by atoms with Gasteiger partial charge in [0.1, 0.15) is 5.56 Å². The highest BCUT2D eigenvalue weighted by Gasteiger charge is 2.39. The van der Waals surface area contributed by atoms with E-state index >= 15 is 0 Å². The Morgan fingerprint density at radius 1 is 1.14 bits per heavy atom. The van der Waals surface area contributed by atoms with Gasteiger partial charge in [0.05, 0.1) is 15.0 Å². The van der Waals surface area contributed by atoms with E-state index in [0.717, 1.165) is 23.5 Å². The zero-order valence-electron chi connectivity index (χ0n) is 13.1. The van der Waals surface area contributed by atoms with Crippen molar-refractivity contribution in [2.75, 3.05) is 0 Å². The second-order valence-electron chi connectivity index (χ2n) is 5.34. The molecule has 0 atom stereocenters. The number of carbonyl (C=O) groups is 1. The van der Waals surface area contributed by atoms with Gasteiger partial charge >= 0.3 is 18.3 Å². The third-order valence-corrected chi connectivity index (χ3v) is 5.14. The van der Waals surface area contributed by atoms with Gasteiger partial charge in [-0.15, -0.1) is 0 Å². The van der Waals surface area contributed by atoms with Gasteiger partial charge in [-0.25, -0.2) is 14.5 Å². The summed E-state index contributed by atoms with van der Waals surface area (Å²) in [7, 11) is 0. The molecule has 1 aromatic carbocycles. The molecule has 1 N–H and O–H groups in total. The number of nitrogens with zero attached hydrogens (tertiary/aromatic N) is 3. The molecule has 2 heterocycles. The number of aromatic nitrogens is 3. The average Bonchev–Trinajstić information content (AvgIpc) is 3.18. The van der Waals surface area contributed by atoms with E-state index in [4.69, 9.17) is 5.11 Å². The molecule has 5 nitrogen and oxygen atoms in total. The number of benzene rings is 1. The van der Waals surface area contributed by atoms with Crippen molar-refractivity contribution in [3.63, 3.8) is 0 Å². The van der Waals surface area contributed by atoms with Crippen molar-refractivity contribution < 1.29 is 36.2 Å². The minimum absolute atomic E-state index is 0.0482. The van der Waals surface area contributed by atoms with Crippen molar-refractivity contribution in [3.05, 3.63) is 51.1 Å². The van der Waals surface area contributed by atoms with Gasteiger partial charge in [0.2, 0.25) is 5.13 Å². The van der Waals surface area contributed by atoms with Crippen LogP contribution in [-0.2, 0) is 12.4 Å². The molecular formula is C15H6BrF6N3O2S. The van der Waals surface area contributed by atoms with Crippen LogP contribution in [-0.4, -0.2) is 25.8 Å². The predicted molar refractivity (Wildman–Crippen MR) is 89.3 cm³/mol. The average molecular weight is 486 g/mol. The molecule has 0 unspecified atom stereocenters. The van der Waals surface area contributed by atoms with E-state index in [1.165, 1.54) is 12.1 Å². The minimum atomic E-state index is -5.00. The van der Waals surface area contributed by atoms with Crippen LogP contribution in [0.5, 0.6) is 0 Å². The first-order valence-electron chi connectivity index (χ1n) is 7.12. The summed E-state index contributed by atoms with van der Waals surface area (Å²) in [5, 5.41) is 12.0. The first-order chi connectivity index (χ1) is 12.9. The Bertz CT molecular complexity index is 1060. The second kappa shape index (κ2) is 6.88. The number of rotatable bonds is 3. The Morgan fingerprint density at radius 2 is 1.82 bits per heavy atom. The smallest absolute Gasteiger partial charge is 0.436 e. The number of hydrogen-bond acceptors (Lipinski definition) is 4. The molecule has 0 saturated heterocycles. The Hall–Kier alpha value is -2.41. The fourth-order valence-corrected chi connectivity index (χ4v) is 3.74. The van der Waals surface area contributed by atoms with Gasteiger partial charge in [-0.3, -0.25) is 0 Å². The summed E-state index contributed by atoms with van der Waals surface area (Å²) in [4.78, 5) is 15.1. The molecule has 0 aliphatic heterocycles. The van der Waals surface area contributed by atoms with Crippen LogP contribution in [0.25, 0.3) is 16.4 Å². The molecule has 28 heavy (non-hydrogen) atoms. The molecule has 0 spiro atoms. The van der Waals surface area contributed by atoms with E-state index in [1.807, 2.05) is 0 Å². The maximum atomic E-state index is 13.0. The quantitative estimate of drug-likeness (QED) is 0.497. The van der Waals surface area contributed by atoms with Crippen molar-refractivity contribution in [2.24, 2.45) is 0 Å². The molecule has 0 amide bonds. The van der Waals surface area contributed by atoms with Gasteiger partial charge in [0, 0.05) is 11.8 Å². The van der Waals surface area contributed by atoms with E-state index in [1.54, 1.807) is 0 Å². The zero-order chi connectivity index (χ0) is 20.9. The summed E-state index contributed by atoms with van der Waals surface area (Å²) in [5.41, 5.74) is -3.47. The van der Waals surface area contributed by atoms with Crippen LogP contribution in [0.3, 0.4) is 0 Å². The lowest BCUT2D eigenvalue weighted by molar-refractivity contribution is -0.142. The first kappa shape index (κ1) is 20.3. The molecule has 0 aliphatic carbocycles. The number of aromatic carboxylic acids is 1. The second-order valence-corrected chi connectivity index (χ2v) is 7.63. The Balaban J connectivity index is 2.08. The fraction of sp³-hybridized carbons (Fsp3) is 0.133. The van der Waals surface area contributed by atoms with E-state index in [9.17, 15) is 31.1 Å². The molecular weight excluding hydrogens is 480 g/mol. The highest BCUT2D eigenvalue weighted by Crippen LogP contribution is 2.38. The number of alkyl halides is 6. The fourth-order valence-electron chi connectivity index (χ4n) is 2.25. The molecule has 148 valence electrons. The first-order valence-corrected chi connectivity index (χ1v) is 8.73. The molecule has 13 heteroatoms. The van der Waals surface area contributed by atoms with Gasteiger partial charge in [-0.2, -0.15) is 31.4 Å². The largest absolute Gasteiger partial charge is 0.478 e. The van der Waals surface area contributed by atoms with Gasteiger partial charge in [0.25, 0.3) is 0 Å². The van der Waals surface area contributed by atoms with Crippen LogP contribution in [0, 0.1) is 0 Å². The number of halogens is 7. The third kappa shape index (κ3) is 3.90. The lowest BCUT2D eigenvalue weighted by Crippen LogP contribution is -2.12. The maximum absolute atomic E-state index is 13.0. The summed E-state index contributed by atoms with van der Waals surface area (Å²) in [6, 6.07) is 4.23. The molecule has 0 radical (unpaired) electrons. The summed E-state index contributed by atoms with van der Waals surface area (Å²) in [6.45, 7) is 0. The normalized spacial score (nSPS) is 12.4. The predicted octanol–water partition coefficient (Wildman–Crippen LogP) is 5.49. The molecule has 2 aromatic heterocycles. The zero-order valence-corrected chi connectivity index (χ0v) is 15.5. The molecule has 0 bridgehead atoms. The summed E-state index contributed by atoms with van der Waals surface area (Å²) in [6.07, 6.45) is -8.94. The molecule has 3 aromatic rings. The highest BCUT2D eigenvalue weighted by atomic mass is 79.9. The number of thiazole rings is 1. The van der Waals surface area contributed by atoms with E-state index in [2.05, 4.69) is 26.0 Å². The monoisotopic (exact) mass is 485 g/mol. The van der Waals surface area contributed by atoms with Crippen molar-refractivity contribution in [2.45, 2.75) is 12.4 Å². The maximum Gasteiger partial charge on any atom is 0.436 e. The van der Waals surface area contributed by atoms with Gasteiger partial charge < -0.3 is 5.11 Å². The van der Waals surface area contributed by atoms with Crippen LogP contribution in [0.1, 0.15) is 21.6 Å². The Kier molecular flexibility index (Phi) is 5.00. The lowest BCUT2D eigenvalue weighted by atomic mass is 10.1. The summed E-state index contributed by atoms with van der Waals surface area (Å²) in [5.74, 6) is -1.83. The van der Waals surface area contributed by atoms with E-state index < -0.39 is 35.1 Å². The summed E-state index contributed by atoms with van der Waals surface area (Å²) >= 11 is 3.90. The Labute approximate surface area is 164 Å². The van der Waals surface area contributed by atoms with Gasteiger partial charge in [0.15, 0.2) is 5.69 Å². The lowest BCUT2D eigenvalue weighted by Gasteiger charge is -2.07. The Morgan fingerprint density at radius 3 is 2.36 bits per heavy atom. The van der Waals surface area contributed by atoms with Crippen molar-refractivity contribution in [1.29, 1.82) is 0 Å². The summed E-state index contributed by atoms with van der Waals surface area (Å²) < 4.78 is 78.4. The minimum Gasteiger partial charge on any atom is -0.478 e. The highest BCUT2D eigenvalue weighted by molar-refractivity contribution is 9.11. The van der Waals surface area contributed by atoms with Crippen LogP contribution < -0.4 is 0 Å². The topological polar surface area (TPSA) is 68.0 Å². The molecule has 0 fully saturated rings. The van der Waals surface area contributed by atoms with E-state index in [-0.39, 0.29) is 20.2 Å². The van der Waals surface area contributed by atoms with Crippen LogP contribution in [0.4, 0.5) is 26.3 Å². The molecule has 0 aliphatic rings. The number of carboxylic acids is 1. The third-order valence-electron chi connectivity index (χ3n) is 3.45. The SMILES string of the molecule is O=C(O)c1cn(-c2nc(-c3cccc(C(F)(F)F)c3)c(Br)s2)nc1C(F)(F)F. The van der Waals surface area contributed by atoms with Gasteiger partial charge in [-0.05, 0) is 28.1 Å². The van der Waals surface area contributed by atoms with Crippen molar-refractivity contribution in [1.82, 2.24) is 14.8 Å². The van der Waals surface area contributed by atoms with Crippen LogP contribution in [0.2, 0.25) is 0 Å². The van der Waals surface area contributed by atoms with Crippen LogP contribution >= 0.6 is 27.3 Å². The standard InChI is InChI=1S/C15H6BrF6N3O2S/c16-11-9(6-2-1-3-7(4-6)14(17,18)19)23-13(28-11)25-5-8(12(26)27)10(24-25)15(20,21)22/h1-5H,(H,26,27). The van der Waals surface area contributed by atoms with Gasteiger partial charge in [-0.1, -0.05) is 23.5 Å².